The number of nitrogens with zero attached hydrogens (tertiary/aromatic N) is 1. The molecule has 0 heterocycles. The van der Waals surface area contributed by atoms with Crippen molar-refractivity contribution >= 4 is 11.4 Å². The van der Waals surface area contributed by atoms with Gasteiger partial charge in [0.2, 0.25) is 0 Å². The average molecular weight is 236 g/mol. The summed E-state index contributed by atoms with van der Waals surface area (Å²) in [4.78, 5) is 2.33. The SMILES string of the molecule is CCN(c1cc(C)c(F)cc1N)C1CCCC1. The third-order valence-electron chi connectivity index (χ3n) is 3.72. The van der Waals surface area contributed by atoms with Crippen molar-refractivity contribution in [3.05, 3.63) is 23.5 Å². The molecule has 0 aliphatic heterocycles. The Kier molecular flexibility index (Phi) is 3.55. The van der Waals surface area contributed by atoms with E-state index in [1.807, 2.05) is 6.07 Å². The molecular weight excluding hydrogens is 215 g/mol. The fourth-order valence-electron chi connectivity index (χ4n) is 2.77. The molecule has 1 aliphatic carbocycles. The van der Waals surface area contributed by atoms with E-state index >= 15 is 0 Å². The maximum absolute atomic E-state index is 13.4. The van der Waals surface area contributed by atoms with Crippen LogP contribution in [0.25, 0.3) is 0 Å². The molecule has 1 fully saturated rings. The summed E-state index contributed by atoms with van der Waals surface area (Å²) in [5.74, 6) is -0.214. The third-order valence-corrected chi connectivity index (χ3v) is 3.72. The lowest BCUT2D eigenvalue weighted by Gasteiger charge is -2.31. The Bertz CT molecular complexity index is 397. The van der Waals surface area contributed by atoms with Gasteiger partial charge in [0.15, 0.2) is 0 Å². The molecule has 1 aliphatic rings. The summed E-state index contributed by atoms with van der Waals surface area (Å²) in [6.45, 7) is 4.86. The molecule has 1 aromatic carbocycles. The van der Waals surface area contributed by atoms with Gasteiger partial charge in [-0.1, -0.05) is 12.8 Å². The summed E-state index contributed by atoms with van der Waals surface area (Å²) in [6, 6.07) is 3.90. The highest BCUT2D eigenvalue weighted by atomic mass is 19.1. The first-order valence-electron chi connectivity index (χ1n) is 6.45. The standard InChI is InChI=1S/C14H21FN2/c1-3-17(11-6-4-5-7-11)14-8-10(2)12(15)9-13(14)16/h8-9,11H,3-7,16H2,1-2H3. The highest BCUT2D eigenvalue weighted by Gasteiger charge is 2.23. The van der Waals surface area contributed by atoms with Gasteiger partial charge in [-0.25, -0.2) is 4.39 Å². The van der Waals surface area contributed by atoms with E-state index in [0.29, 0.717) is 17.3 Å². The minimum absolute atomic E-state index is 0.214. The number of nitrogen functional groups attached to an aromatic ring is 1. The smallest absolute Gasteiger partial charge is 0.128 e. The van der Waals surface area contributed by atoms with Gasteiger partial charge in [0.1, 0.15) is 5.82 Å². The highest BCUT2D eigenvalue weighted by Crippen LogP contribution is 2.33. The number of benzene rings is 1. The van der Waals surface area contributed by atoms with Crippen molar-refractivity contribution in [2.24, 2.45) is 0 Å². The quantitative estimate of drug-likeness (QED) is 0.814. The minimum Gasteiger partial charge on any atom is -0.397 e. The predicted octanol–water partition coefficient (Wildman–Crippen LogP) is 3.49. The zero-order chi connectivity index (χ0) is 12.4. The van der Waals surface area contributed by atoms with Crippen molar-refractivity contribution in [3.8, 4) is 0 Å². The van der Waals surface area contributed by atoms with Crippen molar-refractivity contribution in [1.82, 2.24) is 0 Å². The lowest BCUT2D eigenvalue weighted by molar-refractivity contribution is 0.609. The van der Waals surface area contributed by atoms with Gasteiger partial charge in [0, 0.05) is 12.6 Å². The molecule has 2 nitrogen and oxygen atoms in total. The number of halogens is 1. The van der Waals surface area contributed by atoms with E-state index in [1.165, 1.54) is 31.7 Å². The van der Waals surface area contributed by atoms with Crippen LogP contribution in [0.5, 0.6) is 0 Å². The van der Waals surface area contributed by atoms with Crippen LogP contribution >= 0.6 is 0 Å². The van der Waals surface area contributed by atoms with Crippen molar-refractivity contribution in [2.45, 2.75) is 45.6 Å². The molecule has 17 heavy (non-hydrogen) atoms. The molecule has 2 rings (SSSR count). The molecule has 94 valence electrons. The summed E-state index contributed by atoms with van der Waals surface area (Å²) in [6.07, 6.45) is 5.04. The fourth-order valence-corrected chi connectivity index (χ4v) is 2.77. The van der Waals surface area contributed by atoms with Crippen LogP contribution in [-0.2, 0) is 0 Å². The van der Waals surface area contributed by atoms with Gasteiger partial charge in [-0.15, -0.1) is 0 Å². The lowest BCUT2D eigenvalue weighted by atomic mass is 10.1. The van der Waals surface area contributed by atoms with Crippen LogP contribution in [0.2, 0.25) is 0 Å². The van der Waals surface area contributed by atoms with Gasteiger partial charge >= 0.3 is 0 Å². The van der Waals surface area contributed by atoms with Crippen LogP contribution in [-0.4, -0.2) is 12.6 Å². The first-order valence-corrected chi connectivity index (χ1v) is 6.45. The molecule has 0 bridgehead atoms. The van der Waals surface area contributed by atoms with Crippen molar-refractivity contribution in [2.75, 3.05) is 17.2 Å². The molecule has 0 saturated heterocycles. The summed E-state index contributed by atoms with van der Waals surface area (Å²) >= 11 is 0. The minimum atomic E-state index is -0.214. The number of anilines is 2. The first-order chi connectivity index (χ1) is 8.13. The summed E-state index contributed by atoms with van der Waals surface area (Å²) in [5, 5.41) is 0. The Hall–Kier alpha value is -1.25. The van der Waals surface area contributed by atoms with Crippen molar-refractivity contribution in [1.29, 1.82) is 0 Å². The molecule has 0 spiro atoms. The molecule has 0 aromatic heterocycles. The summed E-state index contributed by atoms with van der Waals surface area (Å²) in [5.41, 5.74) is 8.18. The zero-order valence-electron chi connectivity index (χ0n) is 10.7. The van der Waals surface area contributed by atoms with E-state index in [4.69, 9.17) is 5.73 Å². The van der Waals surface area contributed by atoms with E-state index in [2.05, 4.69) is 11.8 Å². The van der Waals surface area contributed by atoms with E-state index in [-0.39, 0.29) is 5.82 Å². The van der Waals surface area contributed by atoms with E-state index in [9.17, 15) is 4.39 Å². The lowest BCUT2D eigenvalue weighted by Crippen LogP contribution is -2.33. The highest BCUT2D eigenvalue weighted by molar-refractivity contribution is 5.69. The number of hydrogen-bond donors (Lipinski definition) is 1. The number of aryl methyl sites for hydroxylation is 1. The second kappa shape index (κ2) is 4.94. The average Bonchev–Trinajstić information content (AvgIpc) is 2.80. The van der Waals surface area contributed by atoms with Crippen LogP contribution in [0.1, 0.15) is 38.2 Å². The van der Waals surface area contributed by atoms with Gasteiger partial charge in [0.05, 0.1) is 11.4 Å². The molecule has 0 unspecified atom stereocenters. The van der Waals surface area contributed by atoms with Crippen LogP contribution in [0.15, 0.2) is 12.1 Å². The van der Waals surface area contributed by atoms with Gasteiger partial charge in [-0.05, 0) is 44.4 Å². The van der Waals surface area contributed by atoms with E-state index in [0.717, 1.165) is 12.2 Å². The van der Waals surface area contributed by atoms with Crippen LogP contribution in [0.4, 0.5) is 15.8 Å². The van der Waals surface area contributed by atoms with Crippen LogP contribution < -0.4 is 10.6 Å². The second-order valence-electron chi connectivity index (χ2n) is 4.88. The molecule has 2 N–H and O–H groups in total. The van der Waals surface area contributed by atoms with Gasteiger partial charge in [-0.3, -0.25) is 0 Å². The normalized spacial score (nSPS) is 16.4. The maximum Gasteiger partial charge on any atom is 0.128 e. The molecule has 0 radical (unpaired) electrons. The first kappa shape index (κ1) is 12.2. The second-order valence-corrected chi connectivity index (χ2v) is 4.88. The molecule has 0 amide bonds. The molecule has 1 aromatic rings. The van der Waals surface area contributed by atoms with Gasteiger partial charge < -0.3 is 10.6 Å². The Labute approximate surface area is 103 Å². The number of nitrogens with two attached hydrogens (primary N) is 1. The molecule has 0 atom stereocenters. The molecule has 3 heteroatoms. The van der Waals surface area contributed by atoms with Crippen LogP contribution in [0, 0.1) is 12.7 Å². The third kappa shape index (κ3) is 2.38. The van der Waals surface area contributed by atoms with Crippen LogP contribution in [0.3, 0.4) is 0 Å². The number of hydrogen-bond acceptors (Lipinski definition) is 2. The van der Waals surface area contributed by atoms with Crippen molar-refractivity contribution in [3.63, 3.8) is 0 Å². The molecule has 1 saturated carbocycles. The van der Waals surface area contributed by atoms with Gasteiger partial charge in [0.25, 0.3) is 0 Å². The monoisotopic (exact) mass is 236 g/mol. The Morgan fingerprint density at radius 1 is 1.35 bits per heavy atom. The Balaban J connectivity index is 2.32. The van der Waals surface area contributed by atoms with E-state index in [1.54, 1.807) is 6.92 Å². The summed E-state index contributed by atoms with van der Waals surface area (Å²) < 4.78 is 13.4. The predicted molar refractivity (Wildman–Crippen MR) is 70.8 cm³/mol. The van der Waals surface area contributed by atoms with Gasteiger partial charge in [-0.2, -0.15) is 0 Å². The Morgan fingerprint density at radius 3 is 2.59 bits per heavy atom. The topological polar surface area (TPSA) is 29.3 Å². The largest absolute Gasteiger partial charge is 0.397 e. The molecular formula is C14H21FN2. The maximum atomic E-state index is 13.4. The van der Waals surface area contributed by atoms with Crippen molar-refractivity contribution < 1.29 is 4.39 Å². The zero-order valence-corrected chi connectivity index (χ0v) is 10.7. The van der Waals surface area contributed by atoms with E-state index < -0.39 is 0 Å². The number of rotatable bonds is 3. The summed E-state index contributed by atoms with van der Waals surface area (Å²) in [7, 11) is 0. The fraction of sp³-hybridized carbons (Fsp3) is 0.571. The Morgan fingerprint density at radius 2 is 2.00 bits per heavy atom.